The Bertz CT molecular complexity index is 427. The highest BCUT2D eigenvalue weighted by molar-refractivity contribution is 5.80. The maximum atomic E-state index is 12.3. The lowest BCUT2D eigenvalue weighted by atomic mass is 10.1. The molecule has 0 bridgehead atoms. The molecule has 0 unspecified atom stereocenters. The largest absolute Gasteiger partial charge is 0.444 e. The van der Waals surface area contributed by atoms with Crippen LogP contribution in [-0.4, -0.2) is 77.9 Å². The molecule has 146 valence electrons. The number of hydrogen-bond donors (Lipinski definition) is 2. The van der Waals surface area contributed by atoms with Gasteiger partial charge in [0.15, 0.2) is 5.96 Å². The van der Waals surface area contributed by atoms with Crippen LogP contribution in [0.25, 0.3) is 0 Å². The van der Waals surface area contributed by atoms with Crippen molar-refractivity contribution in [2.24, 2.45) is 4.99 Å². The molecular formula is C18H36N4O3. The summed E-state index contributed by atoms with van der Waals surface area (Å²) < 4.78 is 5.47. The van der Waals surface area contributed by atoms with E-state index in [0.29, 0.717) is 19.6 Å². The van der Waals surface area contributed by atoms with Gasteiger partial charge in [0.05, 0.1) is 12.6 Å². The summed E-state index contributed by atoms with van der Waals surface area (Å²) in [7, 11) is 0. The second-order valence-corrected chi connectivity index (χ2v) is 7.42. The average Bonchev–Trinajstić information content (AvgIpc) is 2.52. The first kappa shape index (κ1) is 21.5. The molecule has 1 rings (SSSR count). The molecule has 1 aliphatic rings. The van der Waals surface area contributed by atoms with Crippen LogP contribution >= 0.6 is 0 Å². The van der Waals surface area contributed by atoms with Gasteiger partial charge in [-0.3, -0.25) is 4.99 Å². The summed E-state index contributed by atoms with van der Waals surface area (Å²) in [5.41, 5.74) is -0.490. The second kappa shape index (κ2) is 10.5. The average molecular weight is 357 g/mol. The number of aliphatic hydroxyl groups is 1. The van der Waals surface area contributed by atoms with E-state index in [1.165, 1.54) is 0 Å². The first-order valence-electron chi connectivity index (χ1n) is 9.46. The molecule has 1 amide bonds. The van der Waals surface area contributed by atoms with Crippen molar-refractivity contribution in [2.75, 3.05) is 39.3 Å². The number of nitrogens with zero attached hydrogens (tertiary/aromatic N) is 3. The van der Waals surface area contributed by atoms with Crippen LogP contribution in [0, 0.1) is 0 Å². The van der Waals surface area contributed by atoms with Gasteiger partial charge in [-0.15, -0.1) is 0 Å². The standard InChI is InChI=1S/C18H36N4O3/c1-6-11-22(17(24)25-18(3,4)5)14-10-20-16(19-7-2)21-12-8-15(23)9-13-21/h15,23H,6-14H2,1-5H3,(H,19,20). The minimum atomic E-state index is -0.490. The number of aliphatic imine (C=N–C) groups is 1. The number of aliphatic hydroxyl groups excluding tert-OH is 1. The topological polar surface area (TPSA) is 77.4 Å². The van der Waals surface area contributed by atoms with Gasteiger partial charge in [-0.05, 0) is 47.0 Å². The Morgan fingerprint density at radius 1 is 1.28 bits per heavy atom. The Kier molecular flexibility index (Phi) is 9.03. The summed E-state index contributed by atoms with van der Waals surface area (Å²) in [5, 5.41) is 13.0. The lowest BCUT2D eigenvalue weighted by molar-refractivity contribution is 0.0255. The van der Waals surface area contributed by atoms with Gasteiger partial charge < -0.3 is 25.0 Å². The van der Waals surface area contributed by atoms with E-state index in [4.69, 9.17) is 4.74 Å². The fourth-order valence-corrected chi connectivity index (χ4v) is 2.67. The summed E-state index contributed by atoms with van der Waals surface area (Å²) in [4.78, 5) is 20.8. The van der Waals surface area contributed by atoms with Gasteiger partial charge in [0.1, 0.15) is 5.60 Å². The molecule has 25 heavy (non-hydrogen) atoms. The van der Waals surface area contributed by atoms with Gasteiger partial charge in [0.2, 0.25) is 0 Å². The number of carbonyl (C=O) groups is 1. The smallest absolute Gasteiger partial charge is 0.410 e. The number of nitrogens with one attached hydrogen (secondary N) is 1. The summed E-state index contributed by atoms with van der Waals surface area (Å²) in [6, 6.07) is 0. The molecule has 1 fully saturated rings. The molecule has 0 saturated carbocycles. The minimum Gasteiger partial charge on any atom is -0.444 e. The van der Waals surface area contributed by atoms with E-state index in [9.17, 15) is 9.90 Å². The highest BCUT2D eigenvalue weighted by atomic mass is 16.6. The van der Waals surface area contributed by atoms with Gasteiger partial charge in [-0.2, -0.15) is 0 Å². The van der Waals surface area contributed by atoms with Crippen molar-refractivity contribution in [1.82, 2.24) is 15.1 Å². The van der Waals surface area contributed by atoms with Crippen LogP contribution in [0.4, 0.5) is 4.79 Å². The zero-order valence-corrected chi connectivity index (χ0v) is 16.5. The fraction of sp³-hybridized carbons (Fsp3) is 0.889. The van der Waals surface area contributed by atoms with E-state index >= 15 is 0 Å². The number of guanidine groups is 1. The molecule has 7 nitrogen and oxygen atoms in total. The summed E-state index contributed by atoms with van der Waals surface area (Å²) in [5.74, 6) is 0.857. The van der Waals surface area contributed by atoms with Crippen molar-refractivity contribution in [3.63, 3.8) is 0 Å². The molecule has 0 aromatic heterocycles. The molecule has 1 saturated heterocycles. The minimum absolute atomic E-state index is 0.202. The maximum absolute atomic E-state index is 12.3. The van der Waals surface area contributed by atoms with Crippen LogP contribution in [0.1, 0.15) is 53.9 Å². The fourth-order valence-electron chi connectivity index (χ4n) is 2.67. The molecule has 0 aromatic rings. The van der Waals surface area contributed by atoms with Crippen molar-refractivity contribution in [3.05, 3.63) is 0 Å². The monoisotopic (exact) mass is 356 g/mol. The maximum Gasteiger partial charge on any atom is 0.410 e. The second-order valence-electron chi connectivity index (χ2n) is 7.42. The molecular weight excluding hydrogens is 320 g/mol. The third-order valence-corrected chi connectivity index (χ3v) is 3.88. The Morgan fingerprint density at radius 3 is 2.44 bits per heavy atom. The molecule has 7 heteroatoms. The Morgan fingerprint density at radius 2 is 1.92 bits per heavy atom. The third-order valence-electron chi connectivity index (χ3n) is 3.88. The van der Waals surface area contributed by atoms with E-state index in [-0.39, 0.29) is 12.2 Å². The zero-order chi connectivity index (χ0) is 18.9. The number of likely N-dealkylation sites (tertiary alicyclic amines) is 1. The number of amides is 1. The third kappa shape index (κ3) is 8.43. The van der Waals surface area contributed by atoms with E-state index in [1.54, 1.807) is 4.90 Å². The van der Waals surface area contributed by atoms with Gasteiger partial charge in [0, 0.05) is 32.7 Å². The van der Waals surface area contributed by atoms with Gasteiger partial charge in [0.25, 0.3) is 0 Å². The molecule has 0 spiro atoms. The molecule has 0 aromatic carbocycles. The van der Waals surface area contributed by atoms with Gasteiger partial charge in [-0.25, -0.2) is 4.79 Å². The van der Waals surface area contributed by atoms with Crippen molar-refractivity contribution in [1.29, 1.82) is 0 Å². The normalized spacial score (nSPS) is 16.7. The quantitative estimate of drug-likeness (QED) is 0.563. The van der Waals surface area contributed by atoms with E-state index < -0.39 is 5.60 Å². The van der Waals surface area contributed by atoms with Crippen LogP contribution in [0.3, 0.4) is 0 Å². The van der Waals surface area contributed by atoms with Crippen molar-refractivity contribution < 1.29 is 14.6 Å². The highest BCUT2D eigenvalue weighted by Gasteiger charge is 2.22. The van der Waals surface area contributed by atoms with E-state index in [2.05, 4.69) is 15.2 Å². The molecule has 0 aliphatic carbocycles. The predicted molar refractivity (Wildman–Crippen MR) is 101 cm³/mol. The van der Waals surface area contributed by atoms with Gasteiger partial charge in [-0.1, -0.05) is 6.92 Å². The molecule has 1 heterocycles. The Labute approximate surface area is 152 Å². The van der Waals surface area contributed by atoms with E-state index in [1.807, 2.05) is 34.6 Å². The van der Waals surface area contributed by atoms with Crippen LogP contribution in [0.2, 0.25) is 0 Å². The van der Waals surface area contributed by atoms with E-state index in [0.717, 1.165) is 44.9 Å². The summed E-state index contributed by atoms with van der Waals surface area (Å²) in [6.07, 6.45) is 1.93. The zero-order valence-electron chi connectivity index (χ0n) is 16.5. The SMILES string of the molecule is CCCN(CCN=C(NCC)N1CCC(O)CC1)C(=O)OC(C)(C)C. The first-order valence-corrected chi connectivity index (χ1v) is 9.46. The van der Waals surface area contributed by atoms with Crippen molar-refractivity contribution in [2.45, 2.75) is 65.6 Å². The molecule has 1 aliphatic heterocycles. The van der Waals surface area contributed by atoms with Gasteiger partial charge >= 0.3 is 6.09 Å². The predicted octanol–water partition coefficient (Wildman–Crippen LogP) is 2.06. The number of hydrogen-bond acceptors (Lipinski definition) is 4. The number of ether oxygens (including phenoxy) is 1. The highest BCUT2D eigenvalue weighted by Crippen LogP contribution is 2.11. The first-order chi connectivity index (χ1) is 11.8. The van der Waals surface area contributed by atoms with Crippen molar-refractivity contribution >= 4 is 12.1 Å². The van der Waals surface area contributed by atoms with Crippen LogP contribution < -0.4 is 5.32 Å². The number of carbonyl (C=O) groups excluding carboxylic acids is 1. The number of piperidine rings is 1. The van der Waals surface area contributed by atoms with Crippen LogP contribution in [-0.2, 0) is 4.74 Å². The van der Waals surface area contributed by atoms with Crippen molar-refractivity contribution in [3.8, 4) is 0 Å². The number of rotatable bonds is 6. The molecule has 2 N–H and O–H groups in total. The molecule has 0 radical (unpaired) electrons. The van der Waals surface area contributed by atoms with Crippen LogP contribution in [0.15, 0.2) is 4.99 Å². The Balaban J connectivity index is 2.62. The lowest BCUT2D eigenvalue weighted by Gasteiger charge is -2.32. The van der Waals surface area contributed by atoms with Crippen LogP contribution in [0.5, 0.6) is 0 Å². The molecule has 0 atom stereocenters. The summed E-state index contributed by atoms with van der Waals surface area (Å²) in [6.45, 7) is 13.8. The lowest BCUT2D eigenvalue weighted by Crippen LogP contribution is -2.47. The summed E-state index contributed by atoms with van der Waals surface area (Å²) >= 11 is 0. The Hall–Kier alpha value is -1.50.